The van der Waals surface area contributed by atoms with Crippen molar-refractivity contribution >= 4 is 11.9 Å². The van der Waals surface area contributed by atoms with Gasteiger partial charge >= 0.3 is 0 Å². The maximum absolute atomic E-state index is 8.38. The Hall–Kier alpha value is -1.51. The van der Waals surface area contributed by atoms with Crippen molar-refractivity contribution in [3.8, 4) is 0 Å². The lowest BCUT2D eigenvalue weighted by atomic mass is 10.0. The number of hydrogen-bond donors (Lipinski definition) is 2. The zero-order valence-electron chi connectivity index (χ0n) is 7.33. The minimum absolute atomic E-state index is 0.949. The van der Waals surface area contributed by atoms with Crippen LogP contribution in [0.25, 0.3) is 0 Å². The summed E-state index contributed by atoms with van der Waals surface area (Å²) in [5, 5.41) is 14.7. The zero-order valence-corrected chi connectivity index (χ0v) is 7.33. The summed E-state index contributed by atoms with van der Waals surface area (Å²) in [6.45, 7) is 1.06. The fourth-order valence-electron chi connectivity index (χ4n) is 1.64. The van der Waals surface area contributed by atoms with Crippen LogP contribution in [0.15, 0.2) is 23.4 Å². The second-order valence-corrected chi connectivity index (χ2v) is 3.19. The van der Waals surface area contributed by atoms with Gasteiger partial charge in [0.2, 0.25) is 0 Å². The van der Waals surface area contributed by atoms with E-state index in [1.807, 2.05) is 12.1 Å². The van der Waals surface area contributed by atoms with Crippen LogP contribution in [0.3, 0.4) is 0 Å². The summed E-state index contributed by atoms with van der Waals surface area (Å²) in [5.41, 5.74) is 3.47. The van der Waals surface area contributed by atoms with Gasteiger partial charge in [0, 0.05) is 12.2 Å². The van der Waals surface area contributed by atoms with E-state index in [0.29, 0.717) is 0 Å². The van der Waals surface area contributed by atoms with Gasteiger partial charge in [-0.05, 0) is 36.1 Å². The van der Waals surface area contributed by atoms with Gasteiger partial charge in [0.05, 0.1) is 6.21 Å². The van der Waals surface area contributed by atoms with Crippen LogP contribution in [-0.2, 0) is 6.42 Å². The van der Waals surface area contributed by atoms with Gasteiger partial charge in [-0.25, -0.2) is 0 Å². The van der Waals surface area contributed by atoms with E-state index in [1.54, 1.807) is 0 Å². The van der Waals surface area contributed by atoms with E-state index < -0.39 is 0 Å². The molecule has 0 saturated heterocycles. The summed E-state index contributed by atoms with van der Waals surface area (Å²) in [6.07, 6.45) is 3.73. The van der Waals surface area contributed by atoms with Gasteiger partial charge < -0.3 is 10.5 Å². The average molecular weight is 176 g/mol. The van der Waals surface area contributed by atoms with Crippen molar-refractivity contribution in [1.82, 2.24) is 0 Å². The summed E-state index contributed by atoms with van der Waals surface area (Å²) in [4.78, 5) is 0. The third-order valence-electron chi connectivity index (χ3n) is 2.27. The van der Waals surface area contributed by atoms with Gasteiger partial charge in [-0.3, -0.25) is 0 Å². The molecule has 0 saturated carbocycles. The molecule has 0 unspecified atom stereocenters. The summed E-state index contributed by atoms with van der Waals surface area (Å²) in [5.74, 6) is 0. The fourth-order valence-corrected chi connectivity index (χ4v) is 1.64. The molecular formula is C10H12N2O. The Morgan fingerprint density at radius 3 is 3.23 bits per heavy atom. The largest absolute Gasteiger partial charge is 0.411 e. The van der Waals surface area contributed by atoms with Crippen molar-refractivity contribution < 1.29 is 5.21 Å². The van der Waals surface area contributed by atoms with Crippen molar-refractivity contribution in [3.63, 3.8) is 0 Å². The van der Waals surface area contributed by atoms with Crippen molar-refractivity contribution in [2.45, 2.75) is 12.8 Å². The molecule has 1 aromatic rings. The normalized spacial score (nSPS) is 15.4. The van der Waals surface area contributed by atoms with Crippen LogP contribution in [-0.4, -0.2) is 18.0 Å². The van der Waals surface area contributed by atoms with Crippen LogP contribution < -0.4 is 5.32 Å². The van der Waals surface area contributed by atoms with E-state index in [0.717, 1.165) is 18.5 Å². The first-order valence-electron chi connectivity index (χ1n) is 4.44. The molecule has 1 aromatic carbocycles. The Morgan fingerprint density at radius 2 is 2.38 bits per heavy atom. The van der Waals surface area contributed by atoms with Crippen LogP contribution >= 0.6 is 0 Å². The minimum atomic E-state index is 0.949. The number of nitrogens with one attached hydrogen (secondary N) is 1. The van der Waals surface area contributed by atoms with Crippen LogP contribution in [0.2, 0.25) is 0 Å². The molecule has 0 amide bonds. The number of anilines is 1. The Morgan fingerprint density at radius 1 is 1.46 bits per heavy atom. The quantitative estimate of drug-likeness (QED) is 0.389. The highest BCUT2D eigenvalue weighted by atomic mass is 16.4. The van der Waals surface area contributed by atoms with Crippen LogP contribution in [0.1, 0.15) is 17.5 Å². The lowest BCUT2D eigenvalue weighted by molar-refractivity contribution is 0.322. The summed E-state index contributed by atoms with van der Waals surface area (Å²) >= 11 is 0. The van der Waals surface area contributed by atoms with Crippen molar-refractivity contribution in [1.29, 1.82) is 0 Å². The summed E-state index contributed by atoms with van der Waals surface area (Å²) in [7, 11) is 0. The molecule has 0 spiro atoms. The summed E-state index contributed by atoms with van der Waals surface area (Å²) in [6, 6.07) is 6.03. The van der Waals surface area contributed by atoms with E-state index in [1.165, 1.54) is 23.9 Å². The molecular weight excluding hydrogens is 164 g/mol. The van der Waals surface area contributed by atoms with Gasteiger partial charge in [-0.15, -0.1) is 0 Å². The molecule has 3 heteroatoms. The smallest absolute Gasteiger partial charge is 0.0733 e. The predicted octanol–water partition coefficient (Wildman–Crippen LogP) is 1.85. The molecule has 2 N–H and O–H groups in total. The third-order valence-corrected chi connectivity index (χ3v) is 2.27. The molecule has 0 fully saturated rings. The van der Waals surface area contributed by atoms with Crippen LogP contribution in [0, 0.1) is 0 Å². The molecule has 68 valence electrons. The molecule has 0 radical (unpaired) electrons. The highest BCUT2D eigenvalue weighted by Gasteiger charge is 2.07. The molecule has 3 nitrogen and oxygen atoms in total. The SMILES string of the molecule is ON=Cc1ccc2c(c1)CCCN2. The van der Waals surface area contributed by atoms with E-state index >= 15 is 0 Å². The first-order chi connectivity index (χ1) is 6.40. The van der Waals surface area contributed by atoms with Gasteiger partial charge in [-0.1, -0.05) is 11.2 Å². The third kappa shape index (κ3) is 1.64. The Bertz CT molecular complexity index is 334. The molecule has 13 heavy (non-hydrogen) atoms. The fraction of sp³-hybridized carbons (Fsp3) is 0.300. The Labute approximate surface area is 77.1 Å². The topological polar surface area (TPSA) is 44.6 Å². The average Bonchev–Trinajstić information content (AvgIpc) is 2.18. The highest BCUT2D eigenvalue weighted by Crippen LogP contribution is 2.22. The standard InChI is InChI=1S/C10H12N2O/c13-12-7-8-3-4-10-9(6-8)2-1-5-11-10/h3-4,6-7,11,13H,1-2,5H2. The number of oxime groups is 1. The Kier molecular flexibility index (Phi) is 2.17. The molecule has 1 aliphatic heterocycles. The van der Waals surface area contributed by atoms with E-state index in [-0.39, 0.29) is 0 Å². The lowest BCUT2D eigenvalue weighted by Gasteiger charge is -2.17. The molecule has 0 atom stereocenters. The van der Waals surface area contributed by atoms with Gasteiger partial charge in [-0.2, -0.15) is 0 Å². The molecule has 1 heterocycles. The molecule has 2 rings (SSSR count). The molecule has 0 bridgehead atoms. The van der Waals surface area contributed by atoms with Gasteiger partial charge in [0.1, 0.15) is 0 Å². The van der Waals surface area contributed by atoms with Crippen molar-refractivity contribution in [3.05, 3.63) is 29.3 Å². The first-order valence-corrected chi connectivity index (χ1v) is 4.44. The number of rotatable bonds is 1. The van der Waals surface area contributed by atoms with Crippen molar-refractivity contribution in [2.75, 3.05) is 11.9 Å². The van der Waals surface area contributed by atoms with E-state index in [2.05, 4.69) is 16.5 Å². The van der Waals surface area contributed by atoms with Crippen LogP contribution in [0.4, 0.5) is 5.69 Å². The first kappa shape index (κ1) is 8.10. The zero-order chi connectivity index (χ0) is 9.10. The Balaban J connectivity index is 2.35. The summed E-state index contributed by atoms with van der Waals surface area (Å²) < 4.78 is 0. The van der Waals surface area contributed by atoms with E-state index in [4.69, 9.17) is 5.21 Å². The van der Waals surface area contributed by atoms with Gasteiger partial charge in [0.15, 0.2) is 0 Å². The predicted molar refractivity (Wildman–Crippen MR) is 52.6 cm³/mol. The molecule has 0 aromatic heterocycles. The molecule has 0 aliphatic carbocycles. The number of aryl methyl sites for hydroxylation is 1. The minimum Gasteiger partial charge on any atom is -0.411 e. The number of benzene rings is 1. The highest BCUT2D eigenvalue weighted by molar-refractivity contribution is 5.80. The maximum Gasteiger partial charge on any atom is 0.0733 e. The number of nitrogens with zero attached hydrogens (tertiary/aromatic N) is 1. The lowest BCUT2D eigenvalue weighted by Crippen LogP contribution is -2.11. The number of hydrogen-bond acceptors (Lipinski definition) is 3. The van der Waals surface area contributed by atoms with Crippen molar-refractivity contribution in [2.24, 2.45) is 5.16 Å². The second kappa shape index (κ2) is 3.47. The molecule has 1 aliphatic rings. The van der Waals surface area contributed by atoms with Crippen LogP contribution in [0.5, 0.6) is 0 Å². The van der Waals surface area contributed by atoms with E-state index in [9.17, 15) is 0 Å². The number of fused-ring (bicyclic) bond motifs is 1. The monoisotopic (exact) mass is 176 g/mol. The maximum atomic E-state index is 8.38. The van der Waals surface area contributed by atoms with Gasteiger partial charge in [0.25, 0.3) is 0 Å². The second-order valence-electron chi connectivity index (χ2n) is 3.19.